The van der Waals surface area contributed by atoms with Gasteiger partial charge < -0.3 is 10.1 Å². The SMILES string of the molecule is O=CCNC=S. The molecule has 0 fully saturated rings. The number of hydrogen-bond donors (Lipinski definition) is 1. The fourth-order valence-corrected chi connectivity index (χ4v) is 0.192. The molecular formula is C3H5NOS. The van der Waals surface area contributed by atoms with Crippen LogP contribution in [0.2, 0.25) is 0 Å². The molecule has 0 aliphatic carbocycles. The summed E-state index contributed by atoms with van der Waals surface area (Å²) in [5.74, 6) is 0. The lowest BCUT2D eigenvalue weighted by Gasteiger charge is -1.80. The summed E-state index contributed by atoms with van der Waals surface area (Å²) in [6, 6.07) is 0. The Kier molecular flexibility index (Phi) is 4.23. The van der Waals surface area contributed by atoms with Crippen molar-refractivity contribution >= 4 is 24.0 Å². The zero-order valence-electron chi connectivity index (χ0n) is 3.18. The second-order valence-corrected chi connectivity index (χ2v) is 0.928. The van der Waals surface area contributed by atoms with Gasteiger partial charge in [0, 0.05) is 0 Å². The highest BCUT2D eigenvalue weighted by Gasteiger charge is 1.66. The van der Waals surface area contributed by atoms with Gasteiger partial charge in [0.05, 0.1) is 12.0 Å². The molecular weight excluding hydrogens is 98.1 g/mol. The van der Waals surface area contributed by atoms with E-state index in [0.29, 0.717) is 6.54 Å². The van der Waals surface area contributed by atoms with Gasteiger partial charge in [-0.05, 0) is 0 Å². The van der Waals surface area contributed by atoms with Crippen LogP contribution in [0.25, 0.3) is 0 Å². The summed E-state index contributed by atoms with van der Waals surface area (Å²) >= 11 is 4.32. The third-order valence-electron chi connectivity index (χ3n) is 0.285. The van der Waals surface area contributed by atoms with Crippen LogP contribution in [0.5, 0.6) is 0 Å². The lowest BCUT2D eigenvalue weighted by molar-refractivity contribution is -0.106. The third-order valence-corrected chi connectivity index (χ3v) is 0.451. The van der Waals surface area contributed by atoms with E-state index in [1.54, 1.807) is 0 Å². The van der Waals surface area contributed by atoms with Gasteiger partial charge in [-0.2, -0.15) is 0 Å². The predicted octanol–water partition coefficient (Wildman–Crippen LogP) is -0.268. The molecule has 3 heteroatoms. The number of thiocarbonyl (C=S) groups is 1. The first-order valence-corrected chi connectivity index (χ1v) is 1.99. The Hall–Kier alpha value is -0.440. The minimum Gasteiger partial charge on any atom is -0.375 e. The van der Waals surface area contributed by atoms with Gasteiger partial charge >= 0.3 is 0 Å². The Balaban J connectivity index is 2.66. The summed E-state index contributed by atoms with van der Waals surface area (Å²) in [7, 11) is 0. The van der Waals surface area contributed by atoms with Gasteiger partial charge in [-0.1, -0.05) is 12.2 Å². The van der Waals surface area contributed by atoms with Crippen LogP contribution in [0.15, 0.2) is 0 Å². The lowest BCUT2D eigenvalue weighted by atomic mass is 10.7. The van der Waals surface area contributed by atoms with Crippen molar-refractivity contribution in [3.63, 3.8) is 0 Å². The van der Waals surface area contributed by atoms with Crippen molar-refractivity contribution in [1.82, 2.24) is 5.32 Å². The van der Waals surface area contributed by atoms with Crippen LogP contribution in [-0.2, 0) is 4.79 Å². The minimum atomic E-state index is 0.323. The molecule has 0 rings (SSSR count). The van der Waals surface area contributed by atoms with E-state index in [0.717, 1.165) is 6.29 Å². The maximum Gasteiger partial charge on any atom is 0.139 e. The first-order valence-electron chi connectivity index (χ1n) is 1.52. The number of carbonyl (C=O) groups is 1. The Morgan fingerprint density at radius 3 is 2.67 bits per heavy atom. The van der Waals surface area contributed by atoms with Gasteiger partial charge in [0.2, 0.25) is 0 Å². The second kappa shape index (κ2) is 4.56. The molecule has 34 valence electrons. The molecule has 0 bridgehead atoms. The highest BCUT2D eigenvalue weighted by Crippen LogP contribution is 1.41. The molecule has 0 radical (unpaired) electrons. The Labute approximate surface area is 41.5 Å². The normalized spacial score (nSPS) is 6.67. The molecule has 0 atom stereocenters. The Bertz CT molecular complexity index is 46.8. The first kappa shape index (κ1) is 5.56. The molecule has 0 saturated carbocycles. The van der Waals surface area contributed by atoms with Crippen LogP contribution in [0.4, 0.5) is 0 Å². The number of carbonyl (C=O) groups excluding carboxylic acids is 1. The fraction of sp³-hybridized carbons (Fsp3) is 0.333. The average Bonchev–Trinajstić information content (AvgIpc) is 1.61. The maximum absolute atomic E-state index is 9.43. The van der Waals surface area contributed by atoms with E-state index >= 15 is 0 Å². The summed E-state index contributed by atoms with van der Waals surface area (Å²) in [5, 5.41) is 2.52. The van der Waals surface area contributed by atoms with Crippen LogP contribution >= 0.6 is 12.2 Å². The van der Waals surface area contributed by atoms with Crippen LogP contribution in [-0.4, -0.2) is 18.3 Å². The van der Waals surface area contributed by atoms with Crippen LogP contribution in [0.3, 0.4) is 0 Å². The van der Waals surface area contributed by atoms with E-state index in [1.807, 2.05) is 0 Å². The molecule has 0 aromatic heterocycles. The molecule has 1 N–H and O–H groups in total. The molecule has 0 aromatic rings. The van der Waals surface area contributed by atoms with Gasteiger partial charge in [0.1, 0.15) is 6.29 Å². The minimum absolute atomic E-state index is 0.323. The molecule has 0 aliphatic heterocycles. The van der Waals surface area contributed by atoms with Crippen molar-refractivity contribution < 1.29 is 4.79 Å². The highest BCUT2D eigenvalue weighted by molar-refractivity contribution is 7.78. The van der Waals surface area contributed by atoms with E-state index in [1.165, 1.54) is 5.49 Å². The number of aldehydes is 1. The Morgan fingerprint density at radius 2 is 2.50 bits per heavy atom. The summed E-state index contributed by atoms with van der Waals surface area (Å²) in [6.45, 7) is 0.323. The van der Waals surface area contributed by atoms with E-state index in [9.17, 15) is 4.79 Å². The van der Waals surface area contributed by atoms with Crippen LogP contribution < -0.4 is 5.32 Å². The fourth-order valence-electron chi connectivity index (χ4n) is 0.0962. The predicted molar refractivity (Wildman–Crippen MR) is 27.7 cm³/mol. The van der Waals surface area contributed by atoms with E-state index in [4.69, 9.17) is 0 Å². The van der Waals surface area contributed by atoms with E-state index in [2.05, 4.69) is 17.5 Å². The zero-order valence-corrected chi connectivity index (χ0v) is 3.99. The zero-order chi connectivity index (χ0) is 4.83. The highest BCUT2D eigenvalue weighted by atomic mass is 32.1. The molecule has 0 spiro atoms. The van der Waals surface area contributed by atoms with Crippen LogP contribution in [0.1, 0.15) is 0 Å². The summed E-state index contributed by atoms with van der Waals surface area (Å²) in [4.78, 5) is 9.43. The molecule has 2 nitrogen and oxygen atoms in total. The lowest BCUT2D eigenvalue weighted by Crippen LogP contribution is -2.11. The van der Waals surface area contributed by atoms with E-state index in [-0.39, 0.29) is 0 Å². The van der Waals surface area contributed by atoms with Crippen LogP contribution in [0, 0.1) is 0 Å². The summed E-state index contributed by atoms with van der Waals surface area (Å²) in [5.41, 5.74) is 1.31. The van der Waals surface area contributed by atoms with Gasteiger partial charge in [-0.3, -0.25) is 0 Å². The smallest absolute Gasteiger partial charge is 0.139 e. The quantitative estimate of drug-likeness (QED) is 0.303. The van der Waals surface area contributed by atoms with Crippen molar-refractivity contribution in [2.45, 2.75) is 0 Å². The monoisotopic (exact) mass is 103 g/mol. The third kappa shape index (κ3) is 3.56. The van der Waals surface area contributed by atoms with Gasteiger partial charge in [0.25, 0.3) is 0 Å². The van der Waals surface area contributed by atoms with Gasteiger partial charge in [-0.15, -0.1) is 0 Å². The molecule has 0 aliphatic rings. The van der Waals surface area contributed by atoms with Crippen molar-refractivity contribution in [3.05, 3.63) is 0 Å². The molecule has 0 aromatic carbocycles. The van der Waals surface area contributed by atoms with Crippen molar-refractivity contribution in [2.75, 3.05) is 6.54 Å². The summed E-state index contributed by atoms with van der Waals surface area (Å²) < 4.78 is 0. The van der Waals surface area contributed by atoms with Crippen molar-refractivity contribution in [3.8, 4) is 0 Å². The molecule has 6 heavy (non-hydrogen) atoms. The first-order chi connectivity index (χ1) is 2.91. The molecule has 0 amide bonds. The standard InChI is InChI=1S/C3H5NOS/c5-2-1-4-3-6/h2-3H,1H2,(H,4,6). The van der Waals surface area contributed by atoms with Crippen molar-refractivity contribution in [1.29, 1.82) is 0 Å². The molecule has 0 saturated heterocycles. The van der Waals surface area contributed by atoms with Crippen molar-refractivity contribution in [2.24, 2.45) is 0 Å². The number of hydrogen-bond acceptors (Lipinski definition) is 2. The number of nitrogens with one attached hydrogen (secondary N) is 1. The molecule has 0 heterocycles. The largest absolute Gasteiger partial charge is 0.375 e. The average molecular weight is 103 g/mol. The summed E-state index contributed by atoms with van der Waals surface area (Å²) in [6.07, 6.45) is 0.753. The molecule has 0 unspecified atom stereocenters. The topological polar surface area (TPSA) is 29.1 Å². The van der Waals surface area contributed by atoms with Gasteiger partial charge in [-0.25, -0.2) is 0 Å². The number of rotatable bonds is 3. The maximum atomic E-state index is 9.43. The van der Waals surface area contributed by atoms with E-state index < -0.39 is 0 Å². The van der Waals surface area contributed by atoms with Gasteiger partial charge in [0.15, 0.2) is 0 Å². The second-order valence-electron chi connectivity index (χ2n) is 0.693. The Morgan fingerprint density at radius 1 is 1.83 bits per heavy atom.